The molecule has 1 fully saturated rings. The van der Waals surface area contributed by atoms with Crippen molar-refractivity contribution in [3.63, 3.8) is 0 Å². The summed E-state index contributed by atoms with van der Waals surface area (Å²) in [6.45, 7) is 3.29. The van der Waals surface area contributed by atoms with E-state index in [-0.39, 0.29) is 0 Å². The topological polar surface area (TPSA) is 9.23 Å². The predicted molar refractivity (Wildman–Crippen MR) is 55.8 cm³/mol. The van der Waals surface area contributed by atoms with Crippen LogP contribution in [-0.4, -0.2) is 18.0 Å². The molecule has 0 bridgehead atoms. The van der Waals surface area contributed by atoms with Crippen LogP contribution in [0.2, 0.25) is 0 Å². The van der Waals surface area contributed by atoms with Crippen molar-refractivity contribution in [1.82, 2.24) is 0 Å². The summed E-state index contributed by atoms with van der Waals surface area (Å²) in [6, 6.07) is 0. The zero-order valence-electron chi connectivity index (χ0n) is 7.89. The van der Waals surface area contributed by atoms with Crippen LogP contribution >= 0.6 is 15.9 Å². The molecule has 1 heterocycles. The van der Waals surface area contributed by atoms with Gasteiger partial charge in [-0.25, -0.2) is 0 Å². The average molecular weight is 235 g/mol. The van der Waals surface area contributed by atoms with E-state index < -0.39 is 0 Å². The Kier molecular flexibility index (Phi) is 5.24. The van der Waals surface area contributed by atoms with Gasteiger partial charge in [0.25, 0.3) is 0 Å². The van der Waals surface area contributed by atoms with Gasteiger partial charge in [-0.15, -0.1) is 0 Å². The first kappa shape index (κ1) is 10.5. The van der Waals surface area contributed by atoms with Crippen LogP contribution in [0.25, 0.3) is 0 Å². The van der Waals surface area contributed by atoms with Gasteiger partial charge < -0.3 is 4.74 Å². The van der Waals surface area contributed by atoms with Gasteiger partial charge in [0, 0.05) is 11.9 Å². The van der Waals surface area contributed by atoms with Crippen LogP contribution in [0.5, 0.6) is 0 Å². The van der Waals surface area contributed by atoms with E-state index in [1.54, 1.807) is 0 Å². The summed E-state index contributed by atoms with van der Waals surface area (Å²) < 4.78 is 5.56. The molecule has 2 heteroatoms. The van der Waals surface area contributed by atoms with E-state index in [9.17, 15) is 0 Å². The largest absolute Gasteiger partial charge is 0.378 e. The maximum atomic E-state index is 5.56. The molecule has 1 aliphatic rings. The van der Waals surface area contributed by atoms with E-state index in [1.807, 2.05) is 0 Å². The summed E-state index contributed by atoms with van der Waals surface area (Å²) in [6.07, 6.45) is 7.11. The molecule has 1 saturated heterocycles. The van der Waals surface area contributed by atoms with Gasteiger partial charge in [-0.3, -0.25) is 0 Å². The predicted octanol–water partition coefficient (Wildman–Crippen LogP) is 3.37. The van der Waals surface area contributed by atoms with Crippen molar-refractivity contribution in [2.24, 2.45) is 5.92 Å². The zero-order valence-corrected chi connectivity index (χ0v) is 9.48. The number of ether oxygens (including phenoxy) is 1. The molecule has 1 aliphatic heterocycles. The summed E-state index contributed by atoms with van der Waals surface area (Å²) in [5.41, 5.74) is 0. The Morgan fingerprint density at radius 2 is 2.42 bits per heavy atom. The third-order valence-corrected chi connectivity index (χ3v) is 3.62. The highest BCUT2D eigenvalue weighted by Gasteiger charge is 2.14. The quantitative estimate of drug-likeness (QED) is 0.664. The minimum absolute atomic E-state index is 0.590. The summed E-state index contributed by atoms with van der Waals surface area (Å²) in [7, 11) is 0. The van der Waals surface area contributed by atoms with Crippen LogP contribution in [0, 0.1) is 5.92 Å². The van der Waals surface area contributed by atoms with E-state index in [0.29, 0.717) is 6.10 Å². The van der Waals surface area contributed by atoms with Gasteiger partial charge in [-0.2, -0.15) is 0 Å². The lowest BCUT2D eigenvalue weighted by Crippen LogP contribution is -2.05. The third kappa shape index (κ3) is 3.90. The van der Waals surface area contributed by atoms with Gasteiger partial charge in [-0.1, -0.05) is 29.3 Å². The van der Waals surface area contributed by atoms with Crippen molar-refractivity contribution in [2.75, 3.05) is 11.9 Å². The normalized spacial score (nSPS) is 26.0. The standard InChI is InChI=1S/C10H19BrO/c1-9(8-11)4-2-5-10-6-3-7-12-10/h9-10H,2-8H2,1H3. The Hall–Kier alpha value is 0.440. The summed E-state index contributed by atoms with van der Waals surface area (Å²) in [5.74, 6) is 0.825. The maximum Gasteiger partial charge on any atom is 0.0576 e. The van der Waals surface area contributed by atoms with Crippen molar-refractivity contribution < 1.29 is 4.74 Å². The first-order valence-electron chi connectivity index (χ1n) is 5.00. The monoisotopic (exact) mass is 234 g/mol. The van der Waals surface area contributed by atoms with Crippen LogP contribution < -0.4 is 0 Å². The minimum atomic E-state index is 0.590. The van der Waals surface area contributed by atoms with Crippen molar-refractivity contribution in [1.29, 1.82) is 0 Å². The lowest BCUT2D eigenvalue weighted by Gasteiger charge is -2.10. The van der Waals surface area contributed by atoms with Crippen molar-refractivity contribution in [3.05, 3.63) is 0 Å². The molecule has 72 valence electrons. The van der Waals surface area contributed by atoms with Gasteiger partial charge in [0.15, 0.2) is 0 Å². The van der Waals surface area contributed by atoms with Crippen molar-refractivity contribution in [2.45, 2.75) is 45.1 Å². The molecule has 0 amide bonds. The van der Waals surface area contributed by atoms with Crippen LogP contribution in [-0.2, 0) is 4.74 Å². The molecule has 0 aromatic heterocycles. The van der Waals surface area contributed by atoms with Crippen LogP contribution in [0.1, 0.15) is 39.0 Å². The Bertz CT molecular complexity index is 110. The van der Waals surface area contributed by atoms with Gasteiger partial charge >= 0.3 is 0 Å². The Balaban J connectivity index is 1.94. The molecule has 2 unspecified atom stereocenters. The molecular formula is C10H19BrO. The van der Waals surface area contributed by atoms with Crippen LogP contribution in [0.4, 0.5) is 0 Å². The van der Waals surface area contributed by atoms with E-state index in [0.717, 1.165) is 17.9 Å². The second-order valence-electron chi connectivity index (χ2n) is 3.83. The average Bonchev–Trinajstić information content (AvgIpc) is 2.57. The Morgan fingerprint density at radius 3 is 3.00 bits per heavy atom. The zero-order chi connectivity index (χ0) is 8.81. The lowest BCUT2D eigenvalue weighted by molar-refractivity contribution is 0.101. The van der Waals surface area contributed by atoms with E-state index >= 15 is 0 Å². The molecular weight excluding hydrogens is 216 g/mol. The van der Waals surface area contributed by atoms with Gasteiger partial charge in [0.05, 0.1) is 6.10 Å². The van der Waals surface area contributed by atoms with E-state index in [2.05, 4.69) is 22.9 Å². The Morgan fingerprint density at radius 1 is 1.58 bits per heavy atom. The molecule has 0 aliphatic carbocycles. The smallest absolute Gasteiger partial charge is 0.0576 e. The van der Waals surface area contributed by atoms with Crippen LogP contribution in [0.15, 0.2) is 0 Å². The molecule has 0 saturated carbocycles. The molecule has 1 rings (SSSR count). The number of rotatable bonds is 5. The van der Waals surface area contributed by atoms with Gasteiger partial charge in [0.2, 0.25) is 0 Å². The molecule has 12 heavy (non-hydrogen) atoms. The highest BCUT2D eigenvalue weighted by atomic mass is 79.9. The second-order valence-corrected chi connectivity index (χ2v) is 4.47. The SMILES string of the molecule is CC(CBr)CCCC1CCCO1. The summed E-state index contributed by atoms with van der Waals surface area (Å²) in [5, 5.41) is 1.14. The first-order valence-corrected chi connectivity index (χ1v) is 6.12. The highest BCUT2D eigenvalue weighted by Crippen LogP contribution is 2.19. The number of hydrogen-bond acceptors (Lipinski definition) is 1. The molecule has 1 nitrogen and oxygen atoms in total. The molecule has 0 radical (unpaired) electrons. The fraction of sp³-hybridized carbons (Fsp3) is 1.00. The molecule has 2 atom stereocenters. The number of hydrogen-bond donors (Lipinski definition) is 0. The molecule has 0 spiro atoms. The highest BCUT2D eigenvalue weighted by molar-refractivity contribution is 9.09. The minimum Gasteiger partial charge on any atom is -0.378 e. The van der Waals surface area contributed by atoms with Crippen molar-refractivity contribution in [3.8, 4) is 0 Å². The molecule has 0 aromatic rings. The van der Waals surface area contributed by atoms with Crippen molar-refractivity contribution >= 4 is 15.9 Å². The molecule has 0 N–H and O–H groups in total. The van der Waals surface area contributed by atoms with Crippen LogP contribution in [0.3, 0.4) is 0 Å². The Labute approximate surface area is 84.0 Å². The molecule has 0 aromatic carbocycles. The van der Waals surface area contributed by atoms with E-state index in [4.69, 9.17) is 4.74 Å². The fourth-order valence-electron chi connectivity index (χ4n) is 1.64. The number of halogens is 1. The summed E-state index contributed by atoms with van der Waals surface area (Å²) in [4.78, 5) is 0. The fourth-order valence-corrected chi connectivity index (χ4v) is 1.97. The number of alkyl halides is 1. The van der Waals surface area contributed by atoms with Gasteiger partial charge in [0.1, 0.15) is 0 Å². The lowest BCUT2D eigenvalue weighted by atomic mass is 10.0. The second kappa shape index (κ2) is 5.98. The first-order chi connectivity index (χ1) is 5.83. The van der Waals surface area contributed by atoms with E-state index in [1.165, 1.54) is 32.1 Å². The third-order valence-electron chi connectivity index (χ3n) is 2.51. The summed E-state index contributed by atoms with van der Waals surface area (Å²) >= 11 is 3.50. The van der Waals surface area contributed by atoms with Gasteiger partial charge in [-0.05, 0) is 31.6 Å². The maximum absolute atomic E-state index is 5.56.